The second kappa shape index (κ2) is 6.45. The van der Waals surface area contributed by atoms with E-state index in [1.807, 2.05) is 22.6 Å². The lowest BCUT2D eigenvalue weighted by Gasteiger charge is -2.11. The van der Waals surface area contributed by atoms with E-state index in [9.17, 15) is 0 Å². The number of thioether (sulfide) groups is 1. The van der Waals surface area contributed by atoms with Crippen LogP contribution in [0.1, 0.15) is 38.2 Å². The molecule has 0 aliphatic heterocycles. The average molecular weight is 253 g/mol. The molecule has 17 heavy (non-hydrogen) atoms. The zero-order valence-electron chi connectivity index (χ0n) is 10.9. The summed E-state index contributed by atoms with van der Waals surface area (Å²) in [5.41, 5.74) is 1.31. The summed E-state index contributed by atoms with van der Waals surface area (Å²) in [5, 5.41) is 8.88. The highest BCUT2D eigenvalue weighted by Crippen LogP contribution is 2.28. The summed E-state index contributed by atoms with van der Waals surface area (Å²) in [4.78, 5) is 0. The molecule has 2 unspecified atom stereocenters. The molecule has 0 aromatic carbocycles. The summed E-state index contributed by atoms with van der Waals surface area (Å²) in [6.07, 6.45) is 11.5. The third kappa shape index (κ3) is 3.75. The van der Waals surface area contributed by atoms with Gasteiger partial charge in [-0.05, 0) is 31.9 Å². The fraction of sp³-hybridized carbons (Fsp3) is 0.769. The van der Waals surface area contributed by atoms with Crippen molar-refractivity contribution in [2.75, 3.05) is 6.26 Å². The Hall–Kier alpha value is -0.480. The number of hydrogen-bond acceptors (Lipinski definition) is 3. The van der Waals surface area contributed by atoms with Crippen molar-refractivity contribution >= 4 is 11.8 Å². The third-order valence-corrected chi connectivity index (χ3v) is 4.55. The lowest BCUT2D eigenvalue weighted by atomic mass is 10.2. The van der Waals surface area contributed by atoms with Gasteiger partial charge >= 0.3 is 0 Å². The van der Waals surface area contributed by atoms with Crippen molar-refractivity contribution in [3.05, 3.63) is 18.0 Å². The van der Waals surface area contributed by atoms with Gasteiger partial charge < -0.3 is 5.32 Å². The van der Waals surface area contributed by atoms with Crippen molar-refractivity contribution < 1.29 is 0 Å². The second-order valence-electron chi connectivity index (χ2n) is 4.86. The van der Waals surface area contributed by atoms with Gasteiger partial charge in [-0.15, -0.1) is 0 Å². The van der Waals surface area contributed by atoms with Crippen LogP contribution in [0.2, 0.25) is 0 Å². The molecule has 3 nitrogen and oxygen atoms in total. The summed E-state index contributed by atoms with van der Waals surface area (Å²) >= 11 is 2.01. The SMILES string of the molecule is CCCn1cc(CNC2CCC(SC)C2)cn1. The van der Waals surface area contributed by atoms with E-state index in [0.717, 1.165) is 24.8 Å². The minimum absolute atomic E-state index is 0.710. The number of rotatable bonds is 6. The molecule has 96 valence electrons. The van der Waals surface area contributed by atoms with Crippen LogP contribution in [0.3, 0.4) is 0 Å². The Morgan fingerprint density at radius 3 is 3.12 bits per heavy atom. The van der Waals surface area contributed by atoms with Crippen LogP contribution >= 0.6 is 11.8 Å². The summed E-state index contributed by atoms with van der Waals surface area (Å²) < 4.78 is 2.04. The first-order chi connectivity index (χ1) is 8.31. The summed E-state index contributed by atoms with van der Waals surface area (Å²) in [6, 6.07) is 0.710. The van der Waals surface area contributed by atoms with Gasteiger partial charge in [-0.2, -0.15) is 16.9 Å². The van der Waals surface area contributed by atoms with E-state index in [4.69, 9.17) is 0 Å². The van der Waals surface area contributed by atoms with Gasteiger partial charge in [0.05, 0.1) is 6.20 Å². The van der Waals surface area contributed by atoms with Gasteiger partial charge in [-0.1, -0.05) is 6.92 Å². The Labute approximate surface area is 108 Å². The molecular weight excluding hydrogens is 230 g/mol. The monoisotopic (exact) mass is 253 g/mol. The van der Waals surface area contributed by atoms with Gasteiger partial charge in [0.25, 0.3) is 0 Å². The normalized spacial score (nSPS) is 24.4. The minimum Gasteiger partial charge on any atom is -0.310 e. The third-order valence-electron chi connectivity index (χ3n) is 3.45. The van der Waals surface area contributed by atoms with E-state index in [-0.39, 0.29) is 0 Å². The second-order valence-corrected chi connectivity index (χ2v) is 6.00. The number of aromatic nitrogens is 2. The molecule has 1 aliphatic rings. The number of nitrogens with one attached hydrogen (secondary N) is 1. The van der Waals surface area contributed by atoms with E-state index in [2.05, 4.69) is 29.8 Å². The van der Waals surface area contributed by atoms with E-state index in [0.29, 0.717) is 6.04 Å². The van der Waals surface area contributed by atoms with Gasteiger partial charge in [-0.25, -0.2) is 0 Å². The molecule has 2 atom stereocenters. The average Bonchev–Trinajstić information content (AvgIpc) is 2.95. The molecule has 0 amide bonds. The van der Waals surface area contributed by atoms with Crippen molar-refractivity contribution in [1.29, 1.82) is 0 Å². The lowest BCUT2D eigenvalue weighted by molar-refractivity contribution is 0.524. The van der Waals surface area contributed by atoms with E-state index >= 15 is 0 Å². The molecule has 1 aliphatic carbocycles. The molecule has 1 aromatic rings. The first-order valence-corrected chi connectivity index (χ1v) is 7.88. The van der Waals surface area contributed by atoms with Crippen molar-refractivity contribution in [3.63, 3.8) is 0 Å². The smallest absolute Gasteiger partial charge is 0.0534 e. The van der Waals surface area contributed by atoms with Crippen LogP contribution in [0.15, 0.2) is 12.4 Å². The first kappa shape index (κ1) is 13.0. The molecule has 4 heteroatoms. The van der Waals surface area contributed by atoms with Gasteiger partial charge in [0.15, 0.2) is 0 Å². The van der Waals surface area contributed by atoms with Crippen molar-refractivity contribution in [1.82, 2.24) is 15.1 Å². The number of hydrogen-bond donors (Lipinski definition) is 1. The molecule has 0 spiro atoms. The van der Waals surface area contributed by atoms with Crippen molar-refractivity contribution in [2.45, 2.75) is 57.0 Å². The topological polar surface area (TPSA) is 29.9 Å². The molecule has 1 fully saturated rings. The molecule has 0 saturated heterocycles. The molecule has 0 bridgehead atoms. The fourth-order valence-corrected chi connectivity index (χ4v) is 3.25. The van der Waals surface area contributed by atoms with E-state index < -0.39 is 0 Å². The Morgan fingerprint density at radius 2 is 2.41 bits per heavy atom. The van der Waals surface area contributed by atoms with Crippen molar-refractivity contribution in [3.8, 4) is 0 Å². The van der Waals surface area contributed by atoms with Crippen LogP contribution in [0.4, 0.5) is 0 Å². The summed E-state index contributed by atoms with van der Waals surface area (Å²) in [6.45, 7) is 4.17. The quantitative estimate of drug-likeness (QED) is 0.845. The molecule has 1 saturated carbocycles. The zero-order chi connectivity index (χ0) is 12.1. The first-order valence-electron chi connectivity index (χ1n) is 6.59. The highest BCUT2D eigenvalue weighted by atomic mass is 32.2. The highest BCUT2D eigenvalue weighted by molar-refractivity contribution is 7.99. The predicted octanol–water partition coefficient (Wildman–Crippen LogP) is 2.67. The number of aryl methyl sites for hydroxylation is 1. The van der Waals surface area contributed by atoms with Gasteiger partial charge in [-0.3, -0.25) is 4.68 Å². The fourth-order valence-electron chi connectivity index (χ4n) is 2.45. The Balaban J connectivity index is 1.74. The van der Waals surface area contributed by atoms with Crippen LogP contribution in [0.5, 0.6) is 0 Å². The summed E-state index contributed by atoms with van der Waals surface area (Å²) in [5.74, 6) is 0. The molecule has 1 aromatic heterocycles. The van der Waals surface area contributed by atoms with Crippen LogP contribution in [-0.2, 0) is 13.1 Å². The van der Waals surface area contributed by atoms with Crippen LogP contribution < -0.4 is 5.32 Å². The molecule has 0 radical (unpaired) electrons. The van der Waals surface area contributed by atoms with Gasteiger partial charge in [0, 0.05) is 36.1 Å². The molecule has 1 N–H and O–H groups in total. The standard InChI is InChI=1S/C13H23N3S/c1-3-6-16-10-11(9-15-16)8-14-12-4-5-13(7-12)17-2/h9-10,12-14H,3-8H2,1-2H3. The maximum absolute atomic E-state index is 4.35. The van der Waals surface area contributed by atoms with E-state index in [1.165, 1.54) is 24.8 Å². The van der Waals surface area contributed by atoms with Gasteiger partial charge in [0.1, 0.15) is 0 Å². The highest BCUT2D eigenvalue weighted by Gasteiger charge is 2.23. The van der Waals surface area contributed by atoms with Gasteiger partial charge in [0.2, 0.25) is 0 Å². The molecule has 1 heterocycles. The lowest BCUT2D eigenvalue weighted by Crippen LogP contribution is -2.25. The minimum atomic E-state index is 0.710. The van der Waals surface area contributed by atoms with Crippen LogP contribution in [0.25, 0.3) is 0 Å². The Morgan fingerprint density at radius 1 is 1.53 bits per heavy atom. The summed E-state index contributed by atoms with van der Waals surface area (Å²) in [7, 11) is 0. The maximum atomic E-state index is 4.35. The zero-order valence-corrected chi connectivity index (χ0v) is 11.7. The maximum Gasteiger partial charge on any atom is 0.0534 e. The molecule has 2 rings (SSSR count). The largest absolute Gasteiger partial charge is 0.310 e. The number of nitrogens with zero attached hydrogens (tertiary/aromatic N) is 2. The van der Waals surface area contributed by atoms with Crippen LogP contribution in [0, 0.1) is 0 Å². The molecular formula is C13H23N3S. The Bertz CT molecular complexity index is 337. The Kier molecular flexibility index (Phi) is 4.92. The predicted molar refractivity (Wildman–Crippen MR) is 74.3 cm³/mol. The van der Waals surface area contributed by atoms with Crippen molar-refractivity contribution in [2.24, 2.45) is 0 Å². The van der Waals surface area contributed by atoms with Crippen LogP contribution in [-0.4, -0.2) is 27.3 Å². The van der Waals surface area contributed by atoms with E-state index in [1.54, 1.807) is 0 Å².